The topological polar surface area (TPSA) is 66.8 Å². The van der Waals surface area contributed by atoms with Crippen LogP contribution in [0.1, 0.15) is 17.2 Å². The summed E-state index contributed by atoms with van der Waals surface area (Å²) in [6.45, 7) is -0.331. The number of fused-ring (bicyclic) bond motifs is 1. The van der Waals surface area contributed by atoms with Gasteiger partial charge >= 0.3 is 18.1 Å². The number of aliphatic carboxylic acids is 1. The fraction of sp³-hybridized carbons (Fsp3) is 0.385. The van der Waals surface area contributed by atoms with Gasteiger partial charge in [-0.3, -0.25) is 4.79 Å². The first kappa shape index (κ1) is 15.1. The van der Waals surface area contributed by atoms with Crippen molar-refractivity contribution in [1.29, 1.82) is 0 Å². The highest BCUT2D eigenvalue weighted by Gasteiger charge is 2.48. The number of methoxy groups -OCH3 is 1. The molecule has 1 N–H and O–H groups in total. The minimum absolute atomic E-state index is 0.102. The van der Waals surface area contributed by atoms with Crippen LogP contribution in [0.2, 0.25) is 0 Å². The van der Waals surface area contributed by atoms with E-state index in [0.717, 1.165) is 0 Å². The van der Waals surface area contributed by atoms with Crippen LogP contribution in [-0.2, 0) is 16.0 Å². The summed E-state index contributed by atoms with van der Waals surface area (Å²) in [4.78, 5) is 23.1. The fourth-order valence-corrected chi connectivity index (χ4v) is 2.47. The van der Waals surface area contributed by atoms with Gasteiger partial charge in [-0.2, -0.15) is 13.2 Å². The van der Waals surface area contributed by atoms with Gasteiger partial charge in [-0.25, -0.2) is 4.79 Å². The highest BCUT2D eigenvalue weighted by molar-refractivity contribution is 5.88. The Morgan fingerprint density at radius 3 is 2.57 bits per heavy atom. The third-order valence-electron chi connectivity index (χ3n) is 3.34. The highest BCUT2D eigenvalue weighted by Crippen LogP contribution is 2.37. The van der Waals surface area contributed by atoms with Gasteiger partial charge in [-0.1, -0.05) is 12.1 Å². The summed E-state index contributed by atoms with van der Waals surface area (Å²) in [6, 6.07) is 2.80. The zero-order chi connectivity index (χ0) is 15.8. The molecule has 0 unspecified atom stereocenters. The van der Waals surface area contributed by atoms with E-state index in [1.54, 1.807) is 6.07 Å². The monoisotopic (exact) mass is 303 g/mol. The number of hydrogen-bond acceptors (Lipinski definition) is 3. The maximum absolute atomic E-state index is 12.6. The largest absolute Gasteiger partial charge is 0.496 e. The molecule has 0 aliphatic carbocycles. The van der Waals surface area contributed by atoms with Crippen molar-refractivity contribution >= 4 is 11.9 Å². The molecule has 1 aliphatic heterocycles. The third-order valence-corrected chi connectivity index (χ3v) is 3.34. The quantitative estimate of drug-likeness (QED) is 0.904. The number of halogens is 3. The van der Waals surface area contributed by atoms with Crippen LogP contribution in [-0.4, -0.2) is 41.7 Å². The molecule has 8 heteroatoms. The molecule has 1 aromatic carbocycles. The van der Waals surface area contributed by atoms with E-state index in [1.165, 1.54) is 19.2 Å². The van der Waals surface area contributed by atoms with Crippen LogP contribution in [0, 0.1) is 0 Å². The van der Waals surface area contributed by atoms with Crippen molar-refractivity contribution in [3.8, 4) is 5.75 Å². The van der Waals surface area contributed by atoms with Gasteiger partial charge in [0, 0.05) is 12.1 Å². The van der Waals surface area contributed by atoms with Crippen LogP contribution in [0.5, 0.6) is 5.75 Å². The first-order valence-corrected chi connectivity index (χ1v) is 6.03. The molecular formula is C13H12F3NO4. The van der Waals surface area contributed by atoms with Gasteiger partial charge in [0.25, 0.3) is 0 Å². The predicted octanol–water partition coefficient (Wildman–Crippen LogP) is 1.77. The lowest BCUT2D eigenvalue weighted by atomic mass is 9.91. The Labute approximate surface area is 117 Å². The molecule has 1 amide bonds. The maximum Gasteiger partial charge on any atom is 0.471 e. The minimum Gasteiger partial charge on any atom is -0.496 e. The van der Waals surface area contributed by atoms with E-state index in [9.17, 15) is 27.9 Å². The Morgan fingerprint density at radius 2 is 2.05 bits per heavy atom. The lowest BCUT2D eigenvalue weighted by molar-refractivity contribution is -0.190. The normalized spacial score (nSPS) is 18.1. The van der Waals surface area contributed by atoms with E-state index in [-0.39, 0.29) is 18.5 Å². The molecule has 0 fully saturated rings. The molecular weight excluding hydrogens is 291 g/mol. The first-order valence-electron chi connectivity index (χ1n) is 6.03. The van der Waals surface area contributed by atoms with Crippen LogP contribution in [0.4, 0.5) is 13.2 Å². The first-order chi connectivity index (χ1) is 9.77. The molecule has 114 valence electrons. The molecule has 1 heterocycles. The zero-order valence-corrected chi connectivity index (χ0v) is 11.0. The fourth-order valence-electron chi connectivity index (χ4n) is 2.47. The molecule has 5 nitrogen and oxygen atoms in total. The predicted molar refractivity (Wildman–Crippen MR) is 64.8 cm³/mol. The Kier molecular flexibility index (Phi) is 3.80. The number of carbonyl (C=O) groups excluding carboxylic acids is 1. The van der Waals surface area contributed by atoms with Gasteiger partial charge in [-0.05, 0) is 18.1 Å². The molecule has 1 atom stereocenters. The second-order valence-electron chi connectivity index (χ2n) is 4.52. The van der Waals surface area contributed by atoms with Crippen molar-refractivity contribution in [3.63, 3.8) is 0 Å². The number of nitrogens with zero attached hydrogens (tertiary/aromatic N) is 1. The Morgan fingerprint density at radius 1 is 1.38 bits per heavy atom. The number of ether oxygens (including phenoxy) is 1. The zero-order valence-electron chi connectivity index (χ0n) is 11.0. The van der Waals surface area contributed by atoms with Crippen molar-refractivity contribution in [1.82, 2.24) is 4.90 Å². The van der Waals surface area contributed by atoms with Crippen LogP contribution in [0.25, 0.3) is 0 Å². The third kappa shape index (κ3) is 2.65. The van der Waals surface area contributed by atoms with Gasteiger partial charge in [0.1, 0.15) is 5.75 Å². The van der Waals surface area contributed by atoms with Gasteiger partial charge in [0.15, 0.2) is 6.04 Å². The second kappa shape index (κ2) is 5.27. The molecule has 21 heavy (non-hydrogen) atoms. The second-order valence-corrected chi connectivity index (χ2v) is 4.52. The number of carbonyl (C=O) groups is 2. The van der Waals surface area contributed by atoms with Gasteiger partial charge < -0.3 is 14.7 Å². The summed E-state index contributed by atoms with van der Waals surface area (Å²) in [6.07, 6.45) is -5.00. The van der Waals surface area contributed by atoms with Crippen LogP contribution >= 0.6 is 0 Å². The van der Waals surface area contributed by atoms with E-state index in [1.807, 2.05) is 0 Å². The average molecular weight is 303 g/mol. The number of carboxylic acids is 1. The Balaban J connectivity index is 2.50. The highest BCUT2D eigenvalue weighted by atomic mass is 19.4. The number of alkyl halides is 3. The number of carboxylic acid groups (broad SMARTS) is 1. The van der Waals surface area contributed by atoms with Crippen molar-refractivity contribution in [3.05, 3.63) is 29.3 Å². The number of amides is 1. The SMILES string of the molecule is COc1cccc2c1CCN(C(=O)C(F)(F)F)[C@@H]2C(=O)O. The Bertz CT molecular complexity index is 585. The van der Waals surface area contributed by atoms with Crippen LogP contribution < -0.4 is 4.74 Å². The van der Waals surface area contributed by atoms with Crippen LogP contribution in [0.3, 0.4) is 0 Å². The standard InChI is InChI=1S/C13H12F3NO4/c1-21-9-4-2-3-8-7(9)5-6-17(10(8)11(18)19)12(20)13(14,15)16/h2-4,10H,5-6H2,1H3,(H,18,19)/t10-/m0/s1. The number of hydrogen-bond donors (Lipinski definition) is 1. The van der Waals surface area contributed by atoms with Gasteiger partial charge in [0.05, 0.1) is 7.11 Å². The van der Waals surface area contributed by atoms with E-state index < -0.39 is 24.1 Å². The van der Waals surface area contributed by atoms with Gasteiger partial charge in [-0.15, -0.1) is 0 Å². The summed E-state index contributed by atoms with van der Waals surface area (Å²) in [5, 5.41) is 9.23. The summed E-state index contributed by atoms with van der Waals surface area (Å²) in [5.74, 6) is -3.26. The molecule has 0 radical (unpaired) electrons. The summed E-state index contributed by atoms with van der Waals surface area (Å²) in [5.41, 5.74) is 0.657. The van der Waals surface area contributed by atoms with E-state index in [0.29, 0.717) is 16.2 Å². The average Bonchev–Trinajstić information content (AvgIpc) is 2.43. The molecule has 0 bridgehead atoms. The smallest absolute Gasteiger partial charge is 0.471 e. The number of rotatable bonds is 2. The van der Waals surface area contributed by atoms with Crippen molar-refractivity contribution in [2.75, 3.05) is 13.7 Å². The molecule has 2 rings (SSSR count). The van der Waals surface area contributed by atoms with Crippen LogP contribution in [0.15, 0.2) is 18.2 Å². The summed E-state index contributed by atoms with van der Waals surface area (Å²) >= 11 is 0. The van der Waals surface area contributed by atoms with Crippen molar-refractivity contribution in [2.24, 2.45) is 0 Å². The Hall–Kier alpha value is -2.25. The molecule has 0 saturated carbocycles. The minimum atomic E-state index is -5.11. The summed E-state index contributed by atoms with van der Waals surface area (Å²) in [7, 11) is 1.39. The lowest BCUT2D eigenvalue weighted by Gasteiger charge is -2.35. The molecule has 0 aromatic heterocycles. The van der Waals surface area contributed by atoms with E-state index in [4.69, 9.17) is 4.74 Å². The maximum atomic E-state index is 12.6. The van der Waals surface area contributed by atoms with Crippen molar-refractivity contribution < 1.29 is 32.6 Å². The van der Waals surface area contributed by atoms with E-state index in [2.05, 4.69) is 0 Å². The van der Waals surface area contributed by atoms with Gasteiger partial charge in [0.2, 0.25) is 0 Å². The lowest BCUT2D eigenvalue weighted by Crippen LogP contribution is -2.49. The molecule has 1 aromatic rings. The number of benzene rings is 1. The summed E-state index contributed by atoms with van der Waals surface area (Å²) < 4.78 is 42.8. The molecule has 0 spiro atoms. The van der Waals surface area contributed by atoms with Crippen molar-refractivity contribution in [2.45, 2.75) is 18.6 Å². The van der Waals surface area contributed by atoms with E-state index >= 15 is 0 Å². The molecule has 0 saturated heterocycles. The molecule has 1 aliphatic rings.